The highest BCUT2D eigenvalue weighted by Gasteiger charge is 2.02. The summed E-state index contributed by atoms with van der Waals surface area (Å²) in [6, 6.07) is 9.96. The fraction of sp³-hybridized carbons (Fsp3) is 0.357. The summed E-state index contributed by atoms with van der Waals surface area (Å²) < 4.78 is 0. The molecule has 0 spiro atoms. The summed E-state index contributed by atoms with van der Waals surface area (Å²) in [6.45, 7) is 1.82. The first-order valence-electron chi connectivity index (χ1n) is 5.71. The Morgan fingerprint density at radius 1 is 1.33 bits per heavy atom. The zero-order valence-electron chi connectivity index (χ0n) is 11.1. The third-order valence-electron chi connectivity index (χ3n) is 2.07. The van der Waals surface area contributed by atoms with Crippen molar-refractivity contribution in [3.8, 4) is 0 Å². The number of aliphatic carboxylic acids is 1. The summed E-state index contributed by atoms with van der Waals surface area (Å²) in [7, 11) is 3.61. The molecule has 1 aromatic carbocycles. The largest absolute Gasteiger partial charge is 0.478 e. The van der Waals surface area contributed by atoms with E-state index in [0.29, 0.717) is 17.9 Å². The Bertz CT molecular complexity index is 375. The molecule has 0 saturated heterocycles. The van der Waals surface area contributed by atoms with Crippen LogP contribution in [0.25, 0.3) is 0 Å². The molecule has 0 fully saturated rings. The van der Waals surface area contributed by atoms with E-state index < -0.39 is 5.97 Å². The minimum Gasteiger partial charge on any atom is -0.478 e. The predicted molar refractivity (Wildman–Crippen MR) is 75.7 cm³/mol. The summed E-state index contributed by atoms with van der Waals surface area (Å²) in [5.41, 5.74) is 1.61. The molecule has 0 unspecified atom stereocenters. The van der Waals surface area contributed by atoms with Gasteiger partial charge in [-0.3, -0.25) is 0 Å². The maximum absolute atomic E-state index is 10.4. The van der Waals surface area contributed by atoms with E-state index in [2.05, 4.69) is 0 Å². The maximum atomic E-state index is 10.4. The molecular weight excluding hydrogens is 250 g/mol. The SMILES string of the molecule is CCC(=CN(C)C)C(=O)O.ClCc1ccccc1. The molecule has 0 amide bonds. The molecule has 0 radical (unpaired) electrons. The van der Waals surface area contributed by atoms with E-state index in [9.17, 15) is 4.79 Å². The van der Waals surface area contributed by atoms with Crippen molar-refractivity contribution in [1.29, 1.82) is 0 Å². The van der Waals surface area contributed by atoms with Crippen molar-refractivity contribution >= 4 is 17.6 Å². The van der Waals surface area contributed by atoms with Crippen LogP contribution < -0.4 is 0 Å². The van der Waals surface area contributed by atoms with Crippen LogP contribution in [0, 0.1) is 0 Å². The molecular formula is C14H20ClNO2. The first-order valence-corrected chi connectivity index (χ1v) is 6.25. The van der Waals surface area contributed by atoms with Gasteiger partial charge >= 0.3 is 5.97 Å². The van der Waals surface area contributed by atoms with Gasteiger partial charge < -0.3 is 10.0 Å². The zero-order valence-corrected chi connectivity index (χ0v) is 11.8. The molecule has 3 nitrogen and oxygen atoms in total. The number of carboxylic acid groups (broad SMARTS) is 1. The van der Waals surface area contributed by atoms with E-state index in [0.717, 1.165) is 0 Å². The monoisotopic (exact) mass is 269 g/mol. The van der Waals surface area contributed by atoms with Gasteiger partial charge in [0.2, 0.25) is 0 Å². The number of alkyl halides is 1. The third kappa shape index (κ3) is 7.74. The number of carboxylic acids is 1. The van der Waals surface area contributed by atoms with Gasteiger partial charge in [0, 0.05) is 26.2 Å². The number of rotatable bonds is 4. The molecule has 0 aliphatic rings. The first-order chi connectivity index (χ1) is 8.51. The Hall–Kier alpha value is -1.48. The molecule has 0 aliphatic heterocycles. The number of hydrogen-bond donors (Lipinski definition) is 1. The van der Waals surface area contributed by atoms with E-state index in [1.807, 2.05) is 37.3 Å². The summed E-state index contributed by atoms with van der Waals surface area (Å²) in [4.78, 5) is 12.1. The molecule has 0 atom stereocenters. The van der Waals surface area contributed by atoms with Gasteiger partial charge in [0.05, 0.1) is 5.57 Å². The van der Waals surface area contributed by atoms with Crippen molar-refractivity contribution in [1.82, 2.24) is 4.90 Å². The minimum absolute atomic E-state index is 0.435. The Morgan fingerprint density at radius 3 is 2.11 bits per heavy atom. The number of halogens is 1. The standard InChI is InChI=1S/C7H7Cl.C7H13NO2/c8-6-7-4-2-1-3-5-7;1-4-6(7(9)10)5-8(2)3/h1-5H,6H2;5H,4H2,1-3H3,(H,9,10). The average Bonchev–Trinajstić information content (AvgIpc) is 2.37. The molecule has 1 rings (SSSR count). The van der Waals surface area contributed by atoms with Crippen LogP contribution in [0.3, 0.4) is 0 Å². The van der Waals surface area contributed by atoms with E-state index >= 15 is 0 Å². The second-order valence-corrected chi connectivity index (χ2v) is 4.16. The Kier molecular flexibility index (Phi) is 8.76. The van der Waals surface area contributed by atoms with Crippen LogP contribution in [0.2, 0.25) is 0 Å². The summed E-state index contributed by atoms with van der Waals surface area (Å²) in [5.74, 6) is -0.225. The van der Waals surface area contributed by atoms with Gasteiger partial charge in [-0.1, -0.05) is 37.3 Å². The van der Waals surface area contributed by atoms with E-state index in [4.69, 9.17) is 16.7 Å². The summed E-state index contributed by atoms with van der Waals surface area (Å²) >= 11 is 5.53. The van der Waals surface area contributed by atoms with Crippen molar-refractivity contribution in [3.63, 3.8) is 0 Å². The Balaban J connectivity index is 0.000000327. The predicted octanol–water partition coefficient (Wildman–Crippen LogP) is 3.35. The van der Waals surface area contributed by atoms with Crippen LogP contribution in [0.1, 0.15) is 18.9 Å². The zero-order chi connectivity index (χ0) is 14.0. The van der Waals surface area contributed by atoms with Gasteiger partial charge in [0.1, 0.15) is 0 Å². The molecule has 18 heavy (non-hydrogen) atoms. The second kappa shape index (κ2) is 9.54. The van der Waals surface area contributed by atoms with E-state index in [1.165, 1.54) is 5.56 Å². The lowest BCUT2D eigenvalue weighted by molar-refractivity contribution is -0.132. The van der Waals surface area contributed by atoms with Crippen LogP contribution in [-0.2, 0) is 10.7 Å². The fourth-order valence-corrected chi connectivity index (χ4v) is 1.35. The van der Waals surface area contributed by atoms with Gasteiger partial charge in [-0.2, -0.15) is 0 Å². The highest BCUT2D eigenvalue weighted by atomic mass is 35.5. The second-order valence-electron chi connectivity index (χ2n) is 3.90. The summed E-state index contributed by atoms with van der Waals surface area (Å²) in [6.07, 6.45) is 2.18. The van der Waals surface area contributed by atoms with Crippen LogP contribution in [0.15, 0.2) is 42.1 Å². The van der Waals surface area contributed by atoms with Gasteiger partial charge in [-0.25, -0.2) is 4.79 Å². The molecule has 0 aromatic heterocycles. The van der Waals surface area contributed by atoms with E-state index in [1.54, 1.807) is 25.2 Å². The minimum atomic E-state index is -0.837. The van der Waals surface area contributed by atoms with Crippen LogP contribution >= 0.6 is 11.6 Å². The van der Waals surface area contributed by atoms with Crippen molar-refractivity contribution in [3.05, 3.63) is 47.7 Å². The Labute approximate surface area is 114 Å². The molecule has 100 valence electrons. The summed E-state index contributed by atoms with van der Waals surface area (Å²) in [5, 5.41) is 8.53. The third-order valence-corrected chi connectivity index (χ3v) is 2.38. The topological polar surface area (TPSA) is 40.5 Å². The number of hydrogen-bond acceptors (Lipinski definition) is 2. The van der Waals surface area contributed by atoms with Gasteiger partial charge in [0.25, 0.3) is 0 Å². The lowest BCUT2D eigenvalue weighted by Crippen LogP contribution is -2.07. The number of carbonyl (C=O) groups is 1. The Morgan fingerprint density at radius 2 is 1.89 bits per heavy atom. The molecule has 4 heteroatoms. The van der Waals surface area contributed by atoms with Gasteiger partial charge in [-0.15, -0.1) is 11.6 Å². The molecule has 1 N–H and O–H groups in total. The smallest absolute Gasteiger partial charge is 0.333 e. The number of nitrogens with zero attached hydrogens (tertiary/aromatic N) is 1. The van der Waals surface area contributed by atoms with Gasteiger partial charge in [0.15, 0.2) is 0 Å². The molecule has 0 bridgehead atoms. The van der Waals surface area contributed by atoms with Crippen LogP contribution in [-0.4, -0.2) is 30.1 Å². The molecule has 0 saturated carbocycles. The van der Waals surface area contributed by atoms with Gasteiger partial charge in [-0.05, 0) is 12.0 Å². The lowest BCUT2D eigenvalue weighted by atomic mass is 10.2. The molecule has 0 heterocycles. The lowest BCUT2D eigenvalue weighted by Gasteiger charge is -2.05. The molecule has 1 aromatic rings. The van der Waals surface area contributed by atoms with Crippen molar-refractivity contribution < 1.29 is 9.90 Å². The maximum Gasteiger partial charge on any atom is 0.333 e. The molecule has 0 aliphatic carbocycles. The van der Waals surface area contributed by atoms with Crippen molar-refractivity contribution in [2.45, 2.75) is 19.2 Å². The number of benzene rings is 1. The quantitative estimate of drug-likeness (QED) is 0.673. The van der Waals surface area contributed by atoms with E-state index in [-0.39, 0.29) is 0 Å². The fourth-order valence-electron chi connectivity index (χ4n) is 1.18. The van der Waals surface area contributed by atoms with Crippen molar-refractivity contribution in [2.24, 2.45) is 0 Å². The van der Waals surface area contributed by atoms with Crippen LogP contribution in [0.4, 0.5) is 0 Å². The van der Waals surface area contributed by atoms with Crippen LogP contribution in [0.5, 0.6) is 0 Å². The average molecular weight is 270 g/mol. The highest BCUT2D eigenvalue weighted by Crippen LogP contribution is 2.01. The highest BCUT2D eigenvalue weighted by molar-refractivity contribution is 6.17. The normalized spacial score (nSPS) is 10.3. The van der Waals surface area contributed by atoms with Crippen molar-refractivity contribution in [2.75, 3.05) is 14.1 Å². The first kappa shape index (κ1) is 16.5.